The molecule has 0 radical (unpaired) electrons. The molecule has 2 aliphatic rings. The van der Waals surface area contributed by atoms with Crippen molar-refractivity contribution in [1.82, 2.24) is 10.2 Å². The number of hydrogen-bond donors (Lipinski definition) is 1. The highest BCUT2D eigenvalue weighted by Crippen LogP contribution is 2.32. The van der Waals surface area contributed by atoms with Gasteiger partial charge in [-0.3, -0.25) is 4.90 Å². The Morgan fingerprint density at radius 2 is 2.11 bits per heavy atom. The highest BCUT2D eigenvalue weighted by atomic mass is 32.1. The molecule has 3 heteroatoms. The summed E-state index contributed by atoms with van der Waals surface area (Å²) in [5.74, 6) is 0.859. The van der Waals surface area contributed by atoms with Crippen molar-refractivity contribution in [1.29, 1.82) is 0 Å². The summed E-state index contributed by atoms with van der Waals surface area (Å²) in [4.78, 5) is 2.75. The molecule has 1 aromatic heterocycles. The average Bonchev–Trinajstić information content (AvgIpc) is 3.17. The fraction of sp³-hybridized carbons (Fsp3) is 0.750. The molecule has 2 fully saturated rings. The molecule has 1 N–H and O–H groups in total. The molecule has 1 aromatic rings. The summed E-state index contributed by atoms with van der Waals surface area (Å²) in [6, 6.07) is 3.91. The Bertz CT molecular complexity index is 372. The van der Waals surface area contributed by atoms with Gasteiger partial charge in [-0.1, -0.05) is 12.8 Å². The van der Waals surface area contributed by atoms with Crippen LogP contribution in [0.3, 0.4) is 0 Å². The first kappa shape index (κ1) is 13.6. The van der Waals surface area contributed by atoms with E-state index in [1.807, 2.05) is 11.3 Å². The molecule has 2 saturated carbocycles. The first-order valence-electron chi connectivity index (χ1n) is 7.79. The zero-order valence-electron chi connectivity index (χ0n) is 12.0. The van der Waals surface area contributed by atoms with Gasteiger partial charge in [0.25, 0.3) is 0 Å². The lowest BCUT2D eigenvalue weighted by Crippen LogP contribution is -2.43. The Labute approximate surface area is 121 Å². The average molecular weight is 278 g/mol. The van der Waals surface area contributed by atoms with E-state index in [0.717, 1.165) is 18.0 Å². The Hall–Kier alpha value is -0.380. The lowest BCUT2D eigenvalue weighted by Gasteiger charge is -2.35. The van der Waals surface area contributed by atoms with Gasteiger partial charge in [0, 0.05) is 25.2 Å². The normalized spacial score (nSPS) is 27.9. The minimum absolute atomic E-state index is 0.748. The molecule has 2 unspecified atom stereocenters. The smallest absolute Gasteiger partial charge is 0.0245 e. The third kappa shape index (κ3) is 3.59. The van der Waals surface area contributed by atoms with Crippen molar-refractivity contribution in [2.75, 3.05) is 13.6 Å². The summed E-state index contributed by atoms with van der Waals surface area (Å²) < 4.78 is 0. The standard InChI is InChI=1S/C16H26N2S/c1-17-16-5-3-2-4-14(16)11-18(15-6-7-15)10-13-8-9-19-12-13/h8-9,12,14-17H,2-7,10-11H2,1H3. The Balaban J connectivity index is 1.60. The molecule has 0 saturated heterocycles. The van der Waals surface area contributed by atoms with Crippen LogP contribution in [-0.4, -0.2) is 30.6 Å². The molecule has 2 atom stereocenters. The van der Waals surface area contributed by atoms with Gasteiger partial charge in [-0.05, 0) is 61.0 Å². The van der Waals surface area contributed by atoms with Crippen molar-refractivity contribution >= 4 is 11.3 Å². The van der Waals surface area contributed by atoms with Gasteiger partial charge in [0.15, 0.2) is 0 Å². The molecule has 0 bridgehead atoms. The van der Waals surface area contributed by atoms with E-state index in [1.54, 1.807) is 0 Å². The van der Waals surface area contributed by atoms with E-state index in [-0.39, 0.29) is 0 Å². The molecule has 2 aliphatic carbocycles. The molecule has 1 heterocycles. The molecule has 2 nitrogen and oxygen atoms in total. The summed E-state index contributed by atoms with van der Waals surface area (Å²) in [6.07, 6.45) is 8.47. The van der Waals surface area contributed by atoms with Crippen LogP contribution in [0, 0.1) is 5.92 Å². The maximum atomic E-state index is 3.55. The van der Waals surface area contributed by atoms with E-state index in [9.17, 15) is 0 Å². The predicted octanol–water partition coefficient (Wildman–Crippen LogP) is 3.49. The van der Waals surface area contributed by atoms with Crippen LogP contribution in [0.15, 0.2) is 16.8 Å². The molecule has 3 rings (SSSR count). The molecule has 0 aromatic carbocycles. The number of nitrogens with one attached hydrogen (secondary N) is 1. The van der Waals surface area contributed by atoms with Gasteiger partial charge >= 0.3 is 0 Å². The maximum absolute atomic E-state index is 3.55. The summed E-state index contributed by atoms with van der Waals surface area (Å²) >= 11 is 1.83. The number of rotatable bonds is 6. The molecule has 106 valence electrons. The van der Waals surface area contributed by atoms with Crippen molar-refractivity contribution < 1.29 is 0 Å². The van der Waals surface area contributed by atoms with E-state index >= 15 is 0 Å². The quantitative estimate of drug-likeness (QED) is 0.857. The lowest BCUT2D eigenvalue weighted by molar-refractivity contribution is 0.159. The molecule has 0 spiro atoms. The van der Waals surface area contributed by atoms with Gasteiger partial charge in [-0.2, -0.15) is 11.3 Å². The van der Waals surface area contributed by atoms with E-state index in [1.165, 1.54) is 57.2 Å². The second-order valence-corrected chi connectivity index (χ2v) is 7.01. The van der Waals surface area contributed by atoms with Crippen LogP contribution in [0.5, 0.6) is 0 Å². The van der Waals surface area contributed by atoms with Gasteiger partial charge in [-0.15, -0.1) is 0 Å². The topological polar surface area (TPSA) is 15.3 Å². The Morgan fingerprint density at radius 1 is 1.26 bits per heavy atom. The number of nitrogens with zero attached hydrogens (tertiary/aromatic N) is 1. The van der Waals surface area contributed by atoms with Crippen LogP contribution in [0.25, 0.3) is 0 Å². The summed E-state index contributed by atoms with van der Waals surface area (Å²) in [5, 5.41) is 8.07. The van der Waals surface area contributed by atoms with Crippen LogP contribution < -0.4 is 5.32 Å². The van der Waals surface area contributed by atoms with Gasteiger partial charge in [-0.25, -0.2) is 0 Å². The van der Waals surface area contributed by atoms with Crippen LogP contribution in [0.2, 0.25) is 0 Å². The van der Waals surface area contributed by atoms with Gasteiger partial charge in [0.1, 0.15) is 0 Å². The largest absolute Gasteiger partial charge is 0.317 e. The maximum Gasteiger partial charge on any atom is 0.0245 e. The van der Waals surface area contributed by atoms with Gasteiger partial charge < -0.3 is 5.32 Å². The SMILES string of the molecule is CNC1CCCCC1CN(Cc1ccsc1)C1CC1. The van der Waals surface area contributed by atoms with Crippen molar-refractivity contribution in [2.45, 2.75) is 57.2 Å². The number of hydrogen-bond acceptors (Lipinski definition) is 3. The molecular weight excluding hydrogens is 252 g/mol. The lowest BCUT2D eigenvalue weighted by atomic mass is 9.84. The van der Waals surface area contributed by atoms with Crippen LogP contribution in [0.4, 0.5) is 0 Å². The fourth-order valence-electron chi connectivity index (χ4n) is 3.51. The second-order valence-electron chi connectivity index (χ2n) is 6.23. The molecular formula is C16H26N2S. The molecule has 19 heavy (non-hydrogen) atoms. The van der Waals surface area contributed by atoms with Crippen molar-refractivity contribution in [3.05, 3.63) is 22.4 Å². The predicted molar refractivity (Wildman–Crippen MR) is 82.6 cm³/mol. The minimum atomic E-state index is 0.748. The van der Waals surface area contributed by atoms with Crippen LogP contribution in [0.1, 0.15) is 44.1 Å². The first-order chi connectivity index (χ1) is 9.36. The first-order valence-corrected chi connectivity index (χ1v) is 8.73. The Kier molecular flexibility index (Phi) is 4.57. The van der Waals surface area contributed by atoms with Crippen molar-refractivity contribution in [3.63, 3.8) is 0 Å². The summed E-state index contributed by atoms with van der Waals surface area (Å²) in [6.45, 7) is 2.47. The zero-order valence-corrected chi connectivity index (χ0v) is 12.8. The van der Waals surface area contributed by atoms with Crippen molar-refractivity contribution in [3.8, 4) is 0 Å². The third-order valence-electron chi connectivity index (χ3n) is 4.78. The van der Waals surface area contributed by atoms with E-state index in [2.05, 4.69) is 34.1 Å². The highest BCUT2D eigenvalue weighted by Gasteiger charge is 2.33. The van der Waals surface area contributed by atoms with E-state index in [0.29, 0.717) is 0 Å². The zero-order chi connectivity index (χ0) is 13.1. The second kappa shape index (κ2) is 6.38. The van der Waals surface area contributed by atoms with Gasteiger partial charge in [0.05, 0.1) is 0 Å². The molecule has 0 amide bonds. The monoisotopic (exact) mass is 278 g/mol. The fourth-order valence-corrected chi connectivity index (χ4v) is 4.17. The summed E-state index contributed by atoms with van der Waals surface area (Å²) in [5.41, 5.74) is 1.51. The highest BCUT2D eigenvalue weighted by molar-refractivity contribution is 7.07. The van der Waals surface area contributed by atoms with E-state index in [4.69, 9.17) is 0 Å². The summed E-state index contributed by atoms with van der Waals surface area (Å²) in [7, 11) is 2.14. The van der Waals surface area contributed by atoms with Crippen LogP contribution >= 0.6 is 11.3 Å². The van der Waals surface area contributed by atoms with Gasteiger partial charge in [0.2, 0.25) is 0 Å². The third-order valence-corrected chi connectivity index (χ3v) is 5.51. The number of thiophene rings is 1. The Morgan fingerprint density at radius 3 is 2.79 bits per heavy atom. The minimum Gasteiger partial charge on any atom is -0.317 e. The van der Waals surface area contributed by atoms with Crippen molar-refractivity contribution in [2.24, 2.45) is 5.92 Å². The van der Waals surface area contributed by atoms with Crippen LogP contribution in [-0.2, 0) is 6.54 Å². The molecule has 0 aliphatic heterocycles. The van der Waals surface area contributed by atoms with E-state index < -0.39 is 0 Å².